The van der Waals surface area contributed by atoms with Gasteiger partial charge in [-0.05, 0) is 24.6 Å². The lowest BCUT2D eigenvalue weighted by atomic mass is 10.1. The van der Waals surface area contributed by atoms with Crippen LogP contribution >= 0.6 is 0 Å². The van der Waals surface area contributed by atoms with Crippen LogP contribution in [0.4, 0.5) is 18.9 Å². The molecule has 24 heavy (non-hydrogen) atoms. The minimum atomic E-state index is -4.48. The topological polar surface area (TPSA) is 59.6 Å². The Morgan fingerprint density at radius 3 is 2.88 bits per heavy atom. The van der Waals surface area contributed by atoms with E-state index >= 15 is 0 Å². The van der Waals surface area contributed by atoms with E-state index in [0.717, 1.165) is 12.1 Å². The summed E-state index contributed by atoms with van der Waals surface area (Å²) in [5, 5.41) is 5.64. The first-order valence-corrected chi connectivity index (χ1v) is 7.85. The number of benzene rings is 1. The van der Waals surface area contributed by atoms with E-state index in [4.69, 9.17) is 9.47 Å². The first kappa shape index (κ1) is 18.5. The van der Waals surface area contributed by atoms with Crippen LogP contribution in [-0.2, 0) is 15.7 Å². The first-order valence-electron chi connectivity index (χ1n) is 7.85. The highest BCUT2D eigenvalue weighted by atomic mass is 19.4. The second-order valence-corrected chi connectivity index (χ2v) is 5.54. The number of ether oxygens (including phenoxy) is 2. The maximum atomic E-state index is 12.9. The van der Waals surface area contributed by atoms with Gasteiger partial charge in [0, 0.05) is 19.0 Å². The smallest absolute Gasteiger partial charge is 0.416 e. The van der Waals surface area contributed by atoms with Crippen LogP contribution < -0.4 is 15.4 Å². The number of morpholine rings is 1. The SMILES string of the molecule is CCCOc1ccc(C(F)(F)F)cc1NC(=O)CC1COCCN1. The van der Waals surface area contributed by atoms with Gasteiger partial charge in [0.2, 0.25) is 5.91 Å². The van der Waals surface area contributed by atoms with Gasteiger partial charge in [-0.1, -0.05) is 6.92 Å². The number of anilines is 1. The standard InChI is InChI=1S/C16H21F3N2O3/c1-2-6-24-14-4-3-11(16(17,18)19)8-13(14)21-15(22)9-12-10-23-7-5-20-12/h3-4,8,12,20H,2,5-7,9-10H2,1H3,(H,21,22). The molecule has 1 fully saturated rings. The van der Waals surface area contributed by atoms with E-state index in [2.05, 4.69) is 10.6 Å². The lowest BCUT2D eigenvalue weighted by molar-refractivity contribution is -0.137. The molecule has 1 atom stereocenters. The van der Waals surface area contributed by atoms with Crippen LogP contribution in [0, 0.1) is 0 Å². The Labute approximate surface area is 138 Å². The summed E-state index contributed by atoms with van der Waals surface area (Å²) < 4.78 is 49.3. The molecule has 2 rings (SSSR count). The molecule has 0 spiro atoms. The van der Waals surface area contributed by atoms with E-state index in [1.807, 2.05) is 6.92 Å². The lowest BCUT2D eigenvalue weighted by Crippen LogP contribution is -2.43. The molecule has 1 aliphatic heterocycles. The van der Waals surface area contributed by atoms with Crippen molar-refractivity contribution in [2.24, 2.45) is 0 Å². The molecule has 2 N–H and O–H groups in total. The highest BCUT2D eigenvalue weighted by molar-refractivity contribution is 5.92. The van der Waals surface area contributed by atoms with Crippen LogP contribution in [0.15, 0.2) is 18.2 Å². The Bertz CT molecular complexity index is 558. The summed E-state index contributed by atoms with van der Waals surface area (Å²) in [6.07, 6.45) is -3.66. The van der Waals surface area contributed by atoms with Crippen LogP contribution in [0.3, 0.4) is 0 Å². The molecule has 1 heterocycles. The van der Waals surface area contributed by atoms with Gasteiger partial charge in [-0.2, -0.15) is 13.2 Å². The van der Waals surface area contributed by atoms with Crippen molar-refractivity contribution < 1.29 is 27.4 Å². The highest BCUT2D eigenvalue weighted by Crippen LogP contribution is 2.35. The van der Waals surface area contributed by atoms with Gasteiger partial charge in [0.1, 0.15) is 5.75 Å². The summed E-state index contributed by atoms with van der Waals surface area (Å²) >= 11 is 0. The molecule has 0 saturated carbocycles. The minimum Gasteiger partial charge on any atom is -0.491 e. The summed E-state index contributed by atoms with van der Waals surface area (Å²) in [5.74, 6) is -0.162. The van der Waals surface area contributed by atoms with Crippen molar-refractivity contribution in [3.8, 4) is 5.75 Å². The molecule has 1 saturated heterocycles. The van der Waals surface area contributed by atoms with Gasteiger partial charge < -0.3 is 20.1 Å². The molecule has 1 aromatic carbocycles. The van der Waals surface area contributed by atoms with Crippen molar-refractivity contribution in [1.29, 1.82) is 0 Å². The summed E-state index contributed by atoms with van der Waals surface area (Å²) in [7, 11) is 0. The first-order chi connectivity index (χ1) is 11.4. The number of alkyl halides is 3. The largest absolute Gasteiger partial charge is 0.491 e. The van der Waals surface area contributed by atoms with Crippen LogP contribution in [0.5, 0.6) is 5.75 Å². The fraction of sp³-hybridized carbons (Fsp3) is 0.562. The van der Waals surface area contributed by atoms with Gasteiger partial charge >= 0.3 is 6.18 Å². The zero-order valence-corrected chi connectivity index (χ0v) is 13.4. The third kappa shape index (κ3) is 5.38. The Morgan fingerprint density at radius 1 is 1.46 bits per heavy atom. The Balaban J connectivity index is 2.10. The van der Waals surface area contributed by atoms with Crippen LogP contribution in [0.25, 0.3) is 0 Å². The number of carbonyl (C=O) groups is 1. The molecule has 8 heteroatoms. The second kappa shape index (κ2) is 8.34. The van der Waals surface area contributed by atoms with E-state index in [0.29, 0.717) is 32.8 Å². The predicted octanol–water partition coefficient (Wildman–Crippen LogP) is 2.81. The van der Waals surface area contributed by atoms with Crippen LogP contribution in [0.1, 0.15) is 25.3 Å². The van der Waals surface area contributed by atoms with E-state index in [1.165, 1.54) is 6.07 Å². The molecule has 0 bridgehead atoms. The third-order valence-electron chi connectivity index (χ3n) is 3.47. The number of hydrogen-bond donors (Lipinski definition) is 2. The maximum absolute atomic E-state index is 12.9. The molecule has 0 aromatic heterocycles. The van der Waals surface area contributed by atoms with Gasteiger partial charge in [-0.15, -0.1) is 0 Å². The zero-order valence-electron chi connectivity index (χ0n) is 13.4. The highest BCUT2D eigenvalue weighted by Gasteiger charge is 2.31. The van der Waals surface area contributed by atoms with Crippen molar-refractivity contribution in [3.05, 3.63) is 23.8 Å². The third-order valence-corrected chi connectivity index (χ3v) is 3.47. The lowest BCUT2D eigenvalue weighted by Gasteiger charge is -2.23. The molecule has 1 aromatic rings. The number of nitrogens with one attached hydrogen (secondary N) is 2. The van der Waals surface area contributed by atoms with Crippen LogP contribution in [-0.4, -0.2) is 38.3 Å². The fourth-order valence-electron chi connectivity index (χ4n) is 2.32. The molecule has 134 valence electrons. The summed E-state index contributed by atoms with van der Waals surface area (Å²) in [4.78, 5) is 12.1. The van der Waals surface area contributed by atoms with E-state index < -0.39 is 17.6 Å². The van der Waals surface area contributed by atoms with Crippen molar-refractivity contribution in [2.75, 3.05) is 31.7 Å². The molecular formula is C16H21F3N2O3. The van der Waals surface area contributed by atoms with E-state index in [9.17, 15) is 18.0 Å². The van der Waals surface area contributed by atoms with Crippen molar-refractivity contribution in [1.82, 2.24) is 5.32 Å². The molecule has 0 aliphatic carbocycles. The molecular weight excluding hydrogens is 325 g/mol. The Hall–Kier alpha value is -1.80. The van der Waals surface area contributed by atoms with Gasteiger partial charge in [0.15, 0.2) is 0 Å². The monoisotopic (exact) mass is 346 g/mol. The second-order valence-electron chi connectivity index (χ2n) is 5.54. The predicted molar refractivity (Wildman–Crippen MR) is 83.1 cm³/mol. The normalized spacial score (nSPS) is 18.2. The fourth-order valence-corrected chi connectivity index (χ4v) is 2.32. The summed E-state index contributed by atoms with van der Waals surface area (Å²) in [6.45, 7) is 3.87. The summed E-state index contributed by atoms with van der Waals surface area (Å²) in [6, 6.07) is 2.92. The minimum absolute atomic E-state index is 0.0278. The molecule has 0 radical (unpaired) electrons. The molecule has 1 amide bonds. The molecule has 1 unspecified atom stereocenters. The van der Waals surface area contributed by atoms with Gasteiger partial charge in [-0.3, -0.25) is 4.79 Å². The average molecular weight is 346 g/mol. The zero-order chi connectivity index (χ0) is 17.6. The quantitative estimate of drug-likeness (QED) is 0.832. The van der Waals surface area contributed by atoms with E-state index in [-0.39, 0.29) is 23.9 Å². The summed E-state index contributed by atoms with van der Waals surface area (Å²) in [5.41, 5.74) is -0.805. The molecule has 5 nitrogen and oxygen atoms in total. The average Bonchev–Trinajstić information content (AvgIpc) is 2.53. The van der Waals surface area contributed by atoms with Crippen LogP contribution in [0.2, 0.25) is 0 Å². The van der Waals surface area contributed by atoms with Gasteiger partial charge in [-0.25, -0.2) is 0 Å². The van der Waals surface area contributed by atoms with Gasteiger partial charge in [0.05, 0.1) is 31.1 Å². The van der Waals surface area contributed by atoms with Crippen molar-refractivity contribution in [3.63, 3.8) is 0 Å². The maximum Gasteiger partial charge on any atom is 0.416 e. The Kier molecular flexibility index (Phi) is 6.44. The number of rotatable bonds is 6. The number of amides is 1. The Morgan fingerprint density at radius 2 is 2.25 bits per heavy atom. The number of hydrogen-bond acceptors (Lipinski definition) is 4. The van der Waals surface area contributed by atoms with Gasteiger partial charge in [0.25, 0.3) is 0 Å². The van der Waals surface area contributed by atoms with E-state index in [1.54, 1.807) is 0 Å². The molecule has 1 aliphatic rings. The number of halogens is 3. The van der Waals surface area contributed by atoms with Crippen molar-refractivity contribution in [2.45, 2.75) is 32.0 Å². The van der Waals surface area contributed by atoms with Crippen molar-refractivity contribution >= 4 is 11.6 Å². The number of carbonyl (C=O) groups excluding carboxylic acids is 1.